The molecule has 10 nitrogen and oxygen atoms in total. The Bertz CT molecular complexity index is 1720. The van der Waals surface area contributed by atoms with Crippen molar-refractivity contribution >= 4 is 29.3 Å². The molecular weight excluding hydrogens is 535 g/mol. The third-order valence-corrected chi connectivity index (χ3v) is 6.31. The minimum absolute atomic E-state index is 0.285. The molecule has 0 bridgehead atoms. The number of carbonyl (C=O) groups excluding carboxylic acids is 1. The second-order valence-corrected chi connectivity index (χ2v) is 9.28. The lowest BCUT2D eigenvalue weighted by molar-refractivity contribution is -0.117. The molecule has 1 amide bonds. The van der Waals surface area contributed by atoms with Crippen LogP contribution in [0.25, 0.3) is 22.9 Å². The molecule has 0 unspecified atom stereocenters. The number of tetrazole rings is 1. The van der Waals surface area contributed by atoms with E-state index in [1.807, 2.05) is 0 Å². The van der Waals surface area contributed by atoms with Gasteiger partial charge in [0.1, 0.15) is 12.1 Å². The fraction of sp³-hybridized carbons (Fsp3) is 0.0714. The molecule has 0 saturated heterocycles. The van der Waals surface area contributed by atoms with E-state index in [1.165, 1.54) is 29.2 Å². The zero-order chi connectivity index (χ0) is 28.1. The van der Waals surface area contributed by atoms with Crippen LogP contribution in [0.2, 0.25) is 5.02 Å². The van der Waals surface area contributed by atoms with Crippen LogP contribution in [0.3, 0.4) is 0 Å². The Balaban J connectivity index is 1.45. The standard InChI is InChI=1S/C28H22ClFN8O2/c29-20-6-11-26(38-16-32-36-37-38)19(14-20)5-12-27(39)33-24(13-17-1-7-21(30)8-2-17)25-15-23(28(40)35-34-25)18-3-9-22(31)10-4-18/h1-12,14-16,24H,13,31H2,(H,33,39)(H,35,40)/t24-/m0/s1. The van der Waals surface area contributed by atoms with Crippen molar-refractivity contribution in [2.45, 2.75) is 12.5 Å². The second kappa shape index (κ2) is 11.7. The summed E-state index contributed by atoms with van der Waals surface area (Å²) < 4.78 is 15.0. The van der Waals surface area contributed by atoms with Crippen LogP contribution < -0.4 is 16.6 Å². The molecule has 3 aromatic carbocycles. The third kappa shape index (κ3) is 6.27. The molecule has 12 heteroatoms. The average molecular weight is 557 g/mol. The summed E-state index contributed by atoms with van der Waals surface area (Å²) in [6.07, 6.45) is 4.66. The van der Waals surface area contributed by atoms with E-state index in [9.17, 15) is 14.0 Å². The van der Waals surface area contributed by atoms with Gasteiger partial charge in [0.05, 0.1) is 23.0 Å². The molecule has 0 fully saturated rings. The van der Waals surface area contributed by atoms with Gasteiger partial charge in [-0.3, -0.25) is 9.59 Å². The number of benzene rings is 3. The lowest BCUT2D eigenvalue weighted by Crippen LogP contribution is -2.30. The number of nitrogen functional groups attached to an aromatic ring is 1. The maximum absolute atomic E-state index is 13.5. The first-order valence-electron chi connectivity index (χ1n) is 12.1. The summed E-state index contributed by atoms with van der Waals surface area (Å²) in [6.45, 7) is 0. The van der Waals surface area contributed by atoms with E-state index in [0.717, 1.165) is 5.56 Å². The summed E-state index contributed by atoms with van der Waals surface area (Å²) in [5.74, 6) is -0.809. The highest BCUT2D eigenvalue weighted by Gasteiger charge is 2.19. The average Bonchev–Trinajstić information content (AvgIpc) is 3.48. The molecule has 0 aliphatic carbocycles. The SMILES string of the molecule is Nc1ccc(-c2cc([C@H](Cc3ccc(F)cc3)NC(=O)C=Cc3cc(Cl)ccc3-n3cnnn3)n[nH]c2=O)cc1. The molecule has 40 heavy (non-hydrogen) atoms. The quantitative estimate of drug-likeness (QED) is 0.194. The Morgan fingerprint density at radius 2 is 1.88 bits per heavy atom. The van der Waals surface area contributed by atoms with E-state index in [4.69, 9.17) is 17.3 Å². The first-order chi connectivity index (χ1) is 19.4. The van der Waals surface area contributed by atoms with Crippen LogP contribution in [0, 0.1) is 5.82 Å². The van der Waals surface area contributed by atoms with Crippen molar-refractivity contribution in [3.05, 3.63) is 123 Å². The maximum atomic E-state index is 13.5. The topological polar surface area (TPSA) is 144 Å². The molecule has 5 aromatic rings. The number of rotatable bonds is 8. The molecule has 2 heterocycles. The molecule has 200 valence electrons. The number of aromatic amines is 1. The van der Waals surface area contributed by atoms with E-state index in [0.29, 0.717) is 38.8 Å². The lowest BCUT2D eigenvalue weighted by Gasteiger charge is -2.18. The van der Waals surface area contributed by atoms with Gasteiger partial charge in [-0.25, -0.2) is 9.49 Å². The summed E-state index contributed by atoms with van der Waals surface area (Å²) >= 11 is 6.18. The first kappa shape index (κ1) is 26.4. The summed E-state index contributed by atoms with van der Waals surface area (Å²) in [5, 5.41) is 21.3. The number of nitrogens with two attached hydrogens (primary N) is 1. The largest absolute Gasteiger partial charge is 0.399 e. The molecule has 4 N–H and O–H groups in total. The zero-order valence-electron chi connectivity index (χ0n) is 20.8. The number of halogens is 2. The molecule has 5 rings (SSSR count). The number of carbonyl (C=O) groups is 1. The number of hydrogen-bond acceptors (Lipinski definition) is 7. The van der Waals surface area contributed by atoms with Crippen molar-refractivity contribution in [3.8, 4) is 16.8 Å². The highest BCUT2D eigenvalue weighted by Crippen LogP contribution is 2.23. The Morgan fingerprint density at radius 3 is 2.60 bits per heavy atom. The number of anilines is 1. The molecule has 0 spiro atoms. The van der Waals surface area contributed by atoms with E-state index in [1.54, 1.807) is 66.7 Å². The molecule has 0 aliphatic rings. The number of nitrogens with one attached hydrogen (secondary N) is 2. The first-order valence-corrected chi connectivity index (χ1v) is 12.4. The number of nitrogens with zero attached hydrogens (tertiary/aromatic N) is 5. The molecule has 2 aromatic heterocycles. The Kier molecular flexibility index (Phi) is 7.74. The third-order valence-electron chi connectivity index (χ3n) is 6.07. The molecule has 1 atom stereocenters. The molecular formula is C28H22ClFN8O2. The van der Waals surface area contributed by atoms with Crippen LogP contribution in [0.1, 0.15) is 22.9 Å². The summed E-state index contributed by atoms with van der Waals surface area (Å²) in [5.41, 5.74) is 9.37. The van der Waals surface area contributed by atoms with Gasteiger partial charge in [0.25, 0.3) is 5.56 Å². The van der Waals surface area contributed by atoms with Gasteiger partial charge in [0.15, 0.2) is 0 Å². The highest BCUT2D eigenvalue weighted by atomic mass is 35.5. The van der Waals surface area contributed by atoms with Crippen LogP contribution in [-0.4, -0.2) is 36.3 Å². The van der Waals surface area contributed by atoms with Gasteiger partial charge < -0.3 is 11.1 Å². The predicted molar refractivity (Wildman–Crippen MR) is 149 cm³/mol. The monoisotopic (exact) mass is 556 g/mol. The van der Waals surface area contributed by atoms with Crippen molar-refractivity contribution < 1.29 is 9.18 Å². The van der Waals surface area contributed by atoms with Gasteiger partial charge in [-0.05, 0) is 82.6 Å². The van der Waals surface area contributed by atoms with E-state index >= 15 is 0 Å². The zero-order valence-corrected chi connectivity index (χ0v) is 21.6. The highest BCUT2D eigenvalue weighted by molar-refractivity contribution is 6.30. The Morgan fingerprint density at radius 1 is 1.10 bits per heavy atom. The van der Waals surface area contributed by atoms with Crippen LogP contribution in [-0.2, 0) is 11.2 Å². The fourth-order valence-corrected chi connectivity index (χ4v) is 4.27. The summed E-state index contributed by atoms with van der Waals surface area (Å²) in [7, 11) is 0. The van der Waals surface area contributed by atoms with Gasteiger partial charge in [0, 0.05) is 22.3 Å². The summed E-state index contributed by atoms with van der Waals surface area (Å²) in [6, 6.07) is 18.8. The minimum Gasteiger partial charge on any atom is -0.399 e. The van der Waals surface area contributed by atoms with Gasteiger partial charge in [0.2, 0.25) is 5.91 Å². The van der Waals surface area contributed by atoms with Gasteiger partial charge in [-0.15, -0.1) is 5.10 Å². The van der Waals surface area contributed by atoms with Crippen LogP contribution in [0.15, 0.2) is 90.0 Å². The predicted octanol–water partition coefficient (Wildman–Crippen LogP) is 3.90. The van der Waals surface area contributed by atoms with Crippen molar-refractivity contribution in [1.82, 2.24) is 35.7 Å². The lowest BCUT2D eigenvalue weighted by atomic mass is 10.00. The maximum Gasteiger partial charge on any atom is 0.272 e. The van der Waals surface area contributed by atoms with Gasteiger partial charge in [-0.1, -0.05) is 35.9 Å². The normalized spacial score (nSPS) is 11.9. The number of amides is 1. The van der Waals surface area contributed by atoms with Crippen LogP contribution in [0.4, 0.5) is 10.1 Å². The van der Waals surface area contributed by atoms with E-state index in [-0.39, 0.29) is 12.2 Å². The number of hydrogen-bond donors (Lipinski definition) is 3. The van der Waals surface area contributed by atoms with E-state index < -0.39 is 17.5 Å². The molecule has 0 radical (unpaired) electrons. The van der Waals surface area contributed by atoms with E-state index in [2.05, 4.69) is 31.0 Å². The molecule has 0 aliphatic heterocycles. The van der Waals surface area contributed by atoms with Gasteiger partial charge in [-0.2, -0.15) is 9.78 Å². The van der Waals surface area contributed by atoms with Crippen molar-refractivity contribution in [3.63, 3.8) is 0 Å². The second-order valence-electron chi connectivity index (χ2n) is 8.84. The van der Waals surface area contributed by atoms with Crippen molar-refractivity contribution in [2.75, 3.05) is 5.73 Å². The Hall–Kier alpha value is -5.16. The van der Waals surface area contributed by atoms with Gasteiger partial charge >= 0.3 is 0 Å². The minimum atomic E-state index is -0.662. The van der Waals surface area contributed by atoms with Crippen molar-refractivity contribution in [2.24, 2.45) is 0 Å². The van der Waals surface area contributed by atoms with Crippen molar-refractivity contribution in [1.29, 1.82) is 0 Å². The summed E-state index contributed by atoms with van der Waals surface area (Å²) in [4.78, 5) is 25.7. The number of H-pyrrole nitrogens is 1. The smallest absolute Gasteiger partial charge is 0.272 e. The van der Waals surface area contributed by atoms with Crippen LogP contribution >= 0.6 is 11.6 Å². The fourth-order valence-electron chi connectivity index (χ4n) is 4.09. The van der Waals surface area contributed by atoms with Crippen LogP contribution in [0.5, 0.6) is 0 Å². The molecule has 0 saturated carbocycles. The Labute approximate surface area is 232 Å². The number of aromatic nitrogens is 6.